The lowest BCUT2D eigenvalue weighted by molar-refractivity contribution is -0.228. The molecule has 0 aromatic heterocycles. The summed E-state index contributed by atoms with van der Waals surface area (Å²) in [6.45, 7) is 10.6. The van der Waals surface area contributed by atoms with Gasteiger partial charge in [-0.25, -0.2) is 4.39 Å². The van der Waals surface area contributed by atoms with Crippen molar-refractivity contribution in [2.45, 2.75) is 110 Å². The number of aliphatic hydroxyl groups is 3. The first-order valence-electron chi connectivity index (χ1n) is 12.7. The highest BCUT2D eigenvalue weighted by atomic mass is 19.1. The Hall–Kier alpha value is -0.190. The van der Waals surface area contributed by atoms with Crippen LogP contribution in [-0.4, -0.2) is 39.8 Å². The topological polar surface area (TPSA) is 60.7 Å². The molecule has 0 spiro atoms. The average Bonchev–Trinajstić information content (AvgIpc) is 3.02. The Labute approximate surface area is 182 Å². The third kappa shape index (κ3) is 3.22. The number of rotatable bonds is 4. The average molecular weight is 425 g/mol. The first-order valence-corrected chi connectivity index (χ1v) is 12.7. The lowest BCUT2D eigenvalue weighted by Gasteiger charge is -2.65. The van der Waals surface area contributed by atoms with E-state index in [0.717, 1.165) is 44.9 Å². The third-order valence-electron chi connectivity index (χ3n) is 11.0. The van der Waals surface area contributed by atoms with Crippen LogP contribution in [0.2, 0.25) is 0 Å². The summed E-state index contributed by atoms with van der Waals surface area (Å²) in [6.07, 6.45) is 5.18. The van der Waals surface area contributed by atoms with Crippen LogP contribution in [0, 0.1) is 52.3 Å². The van der Waals surface area contributed by atoms with Crippen LogP contribution in [0.5, 0.6) is 0 Å². The zero-order valence-corrected chi connectivity index (χ0v) is 19.7. The van der Waals surface area contributed by atoms with E-state index in [1.54, 1.807) is 6.92 Å². The fourth-order valence-corrected chi connectivity index (χ4v) is 9.57. The monoisotopic (exact) mass is 424 g/mol. The molecule has 13 atom stereocenters. The van der Waals surface area contributed by atoms with Gasteiger partial charge in [0.1, 0.15) is 0 Å². The molecule has 0 aliphatic heterocycles. The van der Waals surface area contributed by atoms with E-state index in [4.69, 9.17) is 0 Å². The summed E-state index contributed by atoms with van der Waals surface area (Å²) in [5.41, 5.74) is -0.143. The predicted molar refractivity (Wildman–Crippen MR) is 118 cm³/mol. The highest BCUT2D eigenvalue weighted by Crippen LogP contribution is 2.69. The molecule has 0 radical (unpaired) electrons. The predicted octanol–water partition coefficient (Wildman–Crippen LogP) is 4.97. The first-order chi connectivity index (χ1) is 14.1. The van der Waals surface area contributed by atoms with Gasteiger partial charge in [0.15, 0.2) is 0 Å². The van der Waals surface area contributed by atoms with Crippen LogP contribution in [0.3, 0.4) is 0 Å². The van der Waals surface area contributed by atoms with Gasteiger partial charge in [0.05, 0.1) is 24.5 Å². The van der Waals surface area contributed by atoms with E-state index in [2.05, 4.69) is 27.7 Å². The Balaban J connectivity index is 1.70. The van der Waals surface area contributed by atoms with E-state index in [1.165, 1.54) is 0 Å². The Morgan fingerprint density at radius 1 is 0.967 bits per heavy atom. The quantitative estimate of drug-likeness (QED) is 0.597. The summed E-state index contributed by atoms with van der Waals surface area (Å²) in [5.74, 6) is 1.98. The molecule has 4 aliphatic rings. The van der Waals surface area contributed by atoms with Crippen LogP contribution < -0.4 is 0 Å². The van der Waals surface area contributed by atoms with Crippen LogP contribution in [0.25, 0.3) is 0 Å². The fraction of sp³-hybridized carbons (Fsp3) is 1.00. The van der Waals surface area contributed by atoms with E-state index in [0.29, 0.717) is 30.1 Å². The normalized spacial score (nSPS) is 55.3. The molecule has 4 saturated carbocycles. The molecule has 4 rings (SSSR count). The van der Waals surface area contributed by atoms with Crippen LogP contribution >= 0.6 is 0 Å². The van der Waals surface area contributed by atoms with E-state index >= 15 is 0 Å². The van der Waals surface area contributed by atoms with Gasteiger partial charge in [0.25, 0.3) is 0 Å². The first kappa shape index (κ1) is 23.0. The molecule has 0 saturated heterocycles. The molecule has 3 nitrogen and oxygen atoms in total. The minimum Gasteiger partial charge on any atom is -0.393 e. The smallest absolute Gasteiger partial charge is 0.0976 e. The van der Waals surface area contributed by atoms with Crippen LogP contribution in [0.1, 0.15) is 86.0 Å². The van der Waals surface area contributed by atoms with Gasteiger partial charge >= 0.3 is 0 Å². The van der Waals surface area contributed by atoms with Gasteiger partial charge < -0.3 is 15.3 Å². The summed E-state index contributed by atoms with van der Waals surface area (Å²) in [5, 5.41) is 33.7. The fourth-order valence-electron chi connectivity index (χ4n) is 9.57. The molecule has 4 heteroatoms. The van der Waals surface area contributed by atoms with E-state index in [1.807, 2.05) is 0 Å². The summed E-state index contributed by atoms with van der Waals surface area (Å²) in [7, 11) is 0. The second kappa shape index (κ2) is 7.99. The molecule has 0 aromatic rings. The van der Waals surface area contributed by atoms with Gasteiger partial charge in [-0.2, -0.15) is 0 Å². The molecule has 2 unspecified atom stereocenters. The van der Waals surface area contributed by atoms with E-state index in [9.17, 15) is 19.7 Å². The van der Waals surface area contributed by atoms with Crippen molar-refractivity contribution >= 4 is 0 Å². The SMILES string of the molecule is CC[C@H]1[C@@H](O)[C@H]2C3CC[C@H]([C@H](C)C[C@H](C)F)[C@@]3(C)[C@@H](O)CC2[C@@]2(C)CC[C@@H](O)C[C@@H]12. The molecule has 30 heavy (non-hydrogen) atoms. The van der Waals surface area contributed by atoms with Gasteiger partial charge in [0.2, 0.25) is 0 Å². The maximum absolute atomic E-state index is 13.8. The number of halogens is 1. The van der Waals surface area contributed by atoms with Gasteiger partial charge in [-0.05, 0) is 104 Å². The number of hydrogen-bond donors (Lipinski definition) is 3. The summed E-state index contributed by atoms with van der Waals surface area (Å²) in [4.78, 5) is 0. The molecule has 0 heterocycles. The molecule has 4 aliphatic carbocycles. The highest BCUT2D eigenvalue weighted by Gasteiger charge is 2.67. The molecule has 0 aromatic carbocycles. The second-order valence-electron chi connectivity index (χ2n) is 12.2. The van der Waals surface area contributed by atoms with E-state index < -0.39 is 6.17 Å². The zero-order valence-electron chi connectivity index (χ0n) is 19.7. The van der Waals surface area contributed by atoms with Crippen molar-refractivity contribution in [1.29, 1.82) is 0 Å². The maximum Gasteiger partial charge on any atom is 0.0976 e. The van der Waals surface area contributed by atoms with E-state index in [-0.39, 0.29) is 46.9 Å². The zero-order chi connectivity index (χ0) is 22.0. The van der Waals surface area contributed by atoms with Gasteiger partial charge in [-0.3, -0.25) is 0 Å². The Bertz CT molecular complexity index is 625. The Morgan fingerprint density at radius 2 is 1.67 bits per heavy atom. The number of aliphatic hydroxyl groups excluding tert-OH is 3. The van der Waals surface area contributed by atoms with Crippen LogP contribution in [-0.2, 0) is 0 Å². The number of alkyl halides is 1. The second-order valence-corrected chi connectivity index (χ2v) is 12.2. The largest absolute Gasteiger partial charge is 0.393 e. The lowest BCUT2D eigenvalue weighted by atomic mass is 9.41. The number of hydrogen-bond acceptors (Lipinski definition) is 3. The summed E-state index contributed by atoms with van der Waals surface area (Å²) >= 11 is 0. The van der Waals surface area contributed by atoms with Crippen molar-refractivity contribution in [2.24, 2.45) is 52.3 Å². The van der Waals surface area contributed by atoms with Crippen molar-refractivity contribution < 1.29 is 19.7 Å². The van der Waals surface area contributed by atoms with Crippen molar-refractivity contribution in [2.75, 3.05) is 0 Å². The van der Waals surface area contributed by atoms with Crippen LogP contribution in [0.15, 0.2) is 0 Å². The molecule has 0 amide bonds. The molecule has 0 bridgehead atoms. The molecular formula is C26H45FO3. The Kier molecular flexibility index (Phi) is 6.12. The molecule has 174 valence electrons. The van der Waals surface area contributed by atoms with Crippen molar-refractivity contribution in [3.8, 4) is 0 Å². The van der Waals surface area contributed by atoms with Crippen molar-refractivity contribution in [3.63, 3.8) is 0 Å². The molecule has 4 fully saturated rings. The van der Waals surface area contributed by atoms with Crippen molar-refractivity contribution in [3.05, 3.63) is 0 Å². The number of fused-ring (bicyclic) bond motifs is 5. The minimum absolute atomic E-state index is 0.0866. The van der Waals surface area contributed by atoms with Gasteiger partial charge in [-0.1, -0.05) is 34.1 Å². The standard InChI is InChI=1S/C26H45FO3/c1-6-17-20-12-16(28)9-10-25(20,4)21-13-22(29)26(5)18(14(2)11-15(3)27)7-8-19(26)23(21)24(17)30/h14-24,28-30H,6-13H2,1-5H3/t14-,15+,16-,17-,18-,19?,20+,21?,22+,23+,24-,25+,26-/m1/s1. The van der Waals surface area contributed by atoms with Gasteiger partial charge in [0, 0.05) is 0 Å². The molecular weight excluding hydrogens is 379 g/mol. The highest BCUT2D eigenvalue weighted by molar-refractivity contribution is 5.15. The maximum atomic E-state index is 13.8. The minimum atomic E-state index is -0.811. The summed E-state index contributed by atoms with van der Waals surface area (Å²) < 4.78 is 13.8. The van der Waals surface area contributed by atoms with Crippen molar-refractivity contribution in [1.82, 2.24) is 0 Å². The Morgan fingerprint density at radius 3 is 2.30 bits per heavy atom. The molecule has 3 N–H and O–H groups in total. The van der Waals surface area contributed by atoms with Gasteiger partial charge in [-0.15, -0.1) is 0 Å². The lowest BCUT2D eigenvalue weighted by Crippen LogP contribution is -2.65. The summed E-state index contributed by atoms with van der Waals surface area (Å²) in [6, 6.07) is 0. The van der Waals surface area contributed by atoms with Crippen LogP contribution in [0.4, 0.5) is 4.39 Å². The third-order valence-corrected chi connectivity index (χ3v) is 11.0.